The predicted octanol–water partition coefficient (Wildman–Crippen LogP) is 0.0564. The maximum absolute atomic E-state index is 12.3. The minimum Gasteiger partial charge on any atom is -0.395 e. The maximum Gasteiger partial charge on any atom is 0.271 e. The van der Waals surface area contributed by atoms with E-state index in [1.54, 1.807) is 7.05 Å². The Hall–Kier alpha value is -2.40. The molecule has 2 rings (SSSR count). The van der Waals surface area contributed by atoms with E-state index in [-0.39, 0.29) is 48.8 Å². The van der Waals surface area contributed by atoms with Crippen LogP contribution in [0.2, 0.25) is 0 Å². The highest BCUT2D eigenvalue weighted by Gasteiger charge is 2.32. The van der Waals surface area contributed by atoms with Crippen LogP contribution < -0.4 is 10.6 Å². The highest BCUT2D eigenvalue weighted by atomic mass is 32.2. The van der Waals surface area contributed by atoms with Crippen molar-refractivity contribution in [1.82, 2.24) is 4.90 Å². The molecule has 3 N–H and O–H groups in total. The van der Waals surface area contributed by atoms with E-state index in [0.717, 1.165) is 0 Å². The highest BCUT2D eigenvalue weighted by molar-refractivity contribution is 7.91. The van der Waals surface area contributed by atoms with E-state index < -0.39 is 14.8 Å². The summed E-state index contributed by atoms with van der Waals surface area (Å²) in [4.78, 5) is 24.1. The van der Waals surface area contributed by atoms with Gasteiger partial charge in [-0.2, -0.15) is 0 Å². The molecule has 0 unspecified atom stereocenters. The van der Waals surface area contributed by atoms with Crippen LogP contribution in [0.5, 0.6) is 0 Å². The van der Waals surface area contributed by atoms with Gasteiger partial charge in [0.25, 0.3) is 5.69 Å². The normalized spacial score (nSPS) is 18.3. The molecule has 0 radical (unpaired) electrons. The van der Waals surface area contributed by atoms with E-state index in [0.29, 0.717) is 17.8 Å². The number of non-ortho nitro benzene ring substituents is 1. The molecule has 0 aliphatic carbocycles. The van der Waals surface area contributed by atoms with Crippen LogP contribution in [0, 0.1) is 10.1 Å². The Morgan fingerprint density at radius 3 is 2.69 bits per heavy atom. The first-order chi connectivity index (χ1) is 12.2. The van der Waals surface area contributed by atoms with Crippen molar-refractivity contribution in [3.8, 4) is 0 Å². The number of rotatable bonds is 8. The molecule has 0 aromatic heterocycles. The smallest absolute Gasteiger partial charge is 0.271 e. The molecule has 0 saturated carbocycles. The van der Waals surface area contributed by atoms with Gasteiger partial charge in [-0.3, -0.25) is 14.9 Å². The van der Waals surface area contributed by atoms with Gasteiger partial charge in [0.1, 0.15) is 0 Å². The molecule has 1 aliphatic heterocycles. The number of sulfone groups is 1. The third-order valence-corrected chi connectivity index (χ3v) is 5.97. The first kappa shape index (κ1) is 19.9. The number of aliphatic hydroxyl groups is 1. The van der Waals surface area contributed by atoms with Crippen LogP contribution in [0.3, 0.4) is 0 Å². The van der Waals surface area contributed by atoms with Crippen LogP contribution in [-0.2, 0) is 14.6 Å². The van der Waals surface area contributed by atoms with Gasteiger partial charge in [0.05, 0.1) is 41.0 Å². The molecule has 11 heteroatoms. The van der Waals surface area contributed by atoms with Crippen LogP contribution in [0.1, 0.15) is 6.42 Å². The molecule has 1 fully saturated rings. The minimum absolute atomic E-state index is 0.0463. The van der Waals surface area contributed by atoms with Crippen LogP contribution in [0.15, 0.2) is 18.2 Å². The van der Waals surface area contributed by atoms with E-state index in [4.69, 9.17) is 5.11 Å². The number of hydrogen-bond acceptors (Lipinski definition) is 8. The summed E-state index contributed by atoms with van der Waals surface area (Å²) in [6, 6.07) is 3.76. The largest absolute Gasteiger partial charge is 0.395 e. The van der Waals surface area contributed by atoms with E-state index >= 15 is 0 Å². The summed E-state index contributed by atoms with van der Waals surface area (Å²) in [7, 11) is -1.55. The van der Waals surface area contributed by atoms with Gasteiger partial charge in [0.2, 0.25) is 5.91 Å². The molecule has 1 heterocycles. The summed E-state index contributed by atoms with van der Waals surface area (Å²) in [5, 5.41) is 25.6. The van der Waals surface area contributed by atoms with Crippen LogP contribution in [-0.4, -0.2) is 73.5 Å². The minimum atomic E-state index is -3.10. The van der Waals surface area contributed by atoms with Crippen molar-refractivity contribution in [2.24, 2.45) is 0 Å². The Balaban J connectivity index is 2.05. The van der Waals surface area contributed by atoms with E-state index in [2.05, 4.69) is 10.6 Å². The summed E-state index contributed by atoms with van der Waals surface area (Å²) < 4.78 is 23.1. The molecule has 1 aromatic rings. The second-order valence-corrected chi connectivity index (χ2v) is 8.28. The second-order valence-electron chi connectivity index (χ2n) is 6.05. The third kappa shape index (κ3) is 5.05. The Kier molecular flexibility index (Phi) is 6.37. The van der Waals surface area contributed by atoms with Crippen molar-refractivity contribution in [3.05, 3.63) is 28.3 Å². The molecule has 26 heavy (non-hydrogen) atoms. The van der Waals surface area contributed by atoms with Gasteiger partial charge in [-0.25, -0.2) is 8.42 Å². The molecule has 1 aromatic carbocycles. The lowest BCUT2D eigenvalue weighted by Crippen LogP contribution is -2.41. The van der Waals surface area contributed by atoms with E-state index in [9.17, 15) is 23.3 Å². The van der Waals surface area contributed by atoms with Gasteiger partial charge in [0.15, 0.2) is 9.84 Å². The van der Waals surface area contributed by atoms with Crippen LogP contribution in [0.4, 0.5) is 17.1 Å². The first-order valence-electron chi connectivity index (χ1n) is 8.06. The summed E-state index contributed by atoms with van der Waals surface area (Å²) in [5.41, 5.74) is 0.738. The van der Waals surface area contributed by atoms with Gasteiger partial charge < -0.3 is 20.6 Å². The molecule has 1 amide bonds. The molecule has 0 bridgehead atoms. The Bertz CT molecular complexity index is 782. The number of nitrogens with zero attached hydrogens (tertiary/aromatic N) is 2. The number of likely N-dealkylation sites (N-methyl/N-ethyl adjacent to an activating group) is 1. The number of benzene rings is 1. The van der Waals surface area contributed by atoms with Crippen molar-refractivity contribution in [1.29, 1.82) is 0 Å². The molecule has 0 spiro atoms. The van der Waals surface area contributed by atoms with E-state index in [1.165, 1.54) is 23.1 Å². The highest BCUT2D eigenvalue weighted by Crippen LogP contribution is 2.27. The summed E-state index contributed by atoms with van der Waals surface area (Å²) in [6.45, 7) is -0.00343. The average Bonchev–Trinajstić information content (AvgIpc) is 2.97. The fourth-order valence-corrected chi connectivity index (χ4v) is 4.49. The number of amides is 1. The summed E-state index contributed by atoms with van der Waals surface area (Å²) >= 11 is 0. The quantitative estimate of drug-likeness (QED) is 0.420. The lowest BCUT2D eigenvalue weighted by Gasteiger charge is -2.24. The van der Waals surface area contributed by atoms with Gasteiger partial charge in [0, 0.05) is 31.8 Å². The standard InChI is InChI=1S/C15H22N4O6S/c1-18(12-4-7-26(24,25)10-12)15(21)9-17-14-8-11(19(22)23)2-3-13(14)16-5-6-20/h2-3,8,12,16-17,20H,4-7,9-10H2,1H3/t12-/m0/s1. The average molecular weight is 386 g/mol. The number of nitrogens with one attached hydrogen (secondary N) is 2. The Morgan fingerprint density at radius 2 is 2.12 bits per heavy atom. The lowest BCUT2D eigenvalue weighted by molar-refractivity contribution is -0.384. The molecule has 1 saturated heterocycles. The fourth-order valence-electron chi connectivity index (χ4n) is 2.72. The van der Waals surface area contributed by atoms with Gasteiger partial charge in [-0.05, 0) is 12.5 Å². The fraction of sp³-hybridized carbons (Fsp3) is 0.533. The number of anilines is 2. The predicted molar refractivity (Wildman–Crippen MR) is 97.0 cm³/mol. The zero-order valence-corrected chi connectivity index (χ0v) is 15.2. The third-order valence-electron chi connectivity index (χ3n) is 4.22. The Morgan fingerprint density at radius 1 is 1.38 bits per heavy atom. The zero-order valence-electron chi connectivity index (χ0n) is 14.3. The van der Waals surface area contributed by atoms with Crippen molar-refractivity contribution < 1.29 is 23.2 Å². The lowest BCUT2D eigenvalue weighted by atomic mass is 10.2. The second kappa shape index (κ2) is 8.32. The van der Waals surface area contributed by atoms with Gasteiger partial charge in [-0.1, -0.05) is 0 Å². The molecular formula is C15H22N4O6S. The number of nitro benzene ring substituents is 1. The topological polar surface area (TPSA) is 142 Å². The number of nitro groups is 1. The first-order valence-corrected chi connectivity index (χ1v) is 9.89. The van der Waals surface area contributed by atoms with Gasteiger partial charge in [-0.15, -0.1) is 0 Å². The molecule has 1 atom stereocenters. The van der Waals surface area contributed by atoms with Crippen molar-refractivity contribution in [2.45, 2.75) is 12.5 Å². The SMILES string of the molecule is CN(C(=O)CNc1cc([N+](=O)[O-])ccc1NCCO)[C@H]1CCS(=O)(=O)C1. The van der Waals surface area contributed by atoms with Gasteiger partial charge >= 0.3 is 0 Å². The monoisotopic (exact) mass is 386 g/mol. The summed E-state index contributed by atoms with van der Waals surface area (Å²) in [6.07, 6.45) is 0.407. The molecule has 10 nitrogen and oxygen atoms in total. The molecule has 1 aliphatic rings. The summed E-state index contributed by atoms with van der Waals surface area (Å²) in [5.74, 6) is -0.287. The van der Waals surface area contributed by atoms with E-state index in [1.807, 2.05) is 0 Å². The number of carbonyl (C=O) groups excluding carboxylic acids is 1. The number of carbonyl (C=O) groups is 1. The molecular weight excluding hydrogens is 364 g/mol. The van der Waals surface area contributed by atoms with Crippen molar-refractivity contribution in [2.75, 3.05) is 48.9 Å². The van der Waals surface area contributed by atoms with Crippen LogP contribution >= 0.6 is 0 Å². The van der Waals surface area contributed by atoms with Crippen molar-refractivity contribution in [3.63, 3.8) is 0 Å². The number of aliphatic hydroxyl groups excluding tert-OH is 1. The van der Waals surface area contributed by atoms with Crippen molar-refractivity contribution >= 4 is 32.8 Å². The number of hydrogen-bond donors (Lipinski definition) is 3. The zero-order chi connectivity index (χ0) is 19.3. The maximum atomic E-state index is 12.3. The Labute approximate surface area is 151 Å². The molecule has 144 valence electrons. The van der Waals surface area contributed by atoms with Crippen LogP contribution in [0.25, 0.3) is 0 Å².